The largest absolute Gasteiger partial charge is 0.480 e. The molecule has 1 aromatic carbocycles. The Hall–Kier alpha value is -1.52. The zero-order valence-electron chi connectivity index (χ0n) is 9.33. The first-order valence-electron chi connectivity index (χ1n) is 5.28. The third kappa shape index (κ3) is 2.28. The maximum Gasteiger partial charge on any atom is 0.321 e. The fourth-order valence-corrected chi connectivity index (χ4v) is 2.11. The van der Waals surface area contributed by atoms with Gasteiger partial charge in [0.15, 0.2) is 0 Å². The van der Waals surface area contributed by atoms with Gasteiger partial charge in [-0.2, -0.15) is 0 Å². The van der Waals surface area contributed by atoms with Gasteiger partial charge in [-0.3, -0.25) is 4.79 Å². The van der Waals surface area contributed by atoms with Crippen LogP contribution in [0, 0.1) is 0 Å². The molecular weight excluding hydrogens is 240 g/mol. The fourth-order valence-electron chi connectivity index (χ4n) is 1.88. The number of hydrogen-bond acceptors (Lipinski definition) is 2. The third-order valence-corrected chi connectivity index (χ3v) is 3.14. The van der Waals surface area contributed by atoms with E-state index >= 15 is 0 Å². The predicted molar refractivity (Wildman–Crippen MR) is 67.5 cm³/mol. The van der Waals surface area contributed by atoms with Crippen molar-refractivity contribution in [3.63, 3.8) is 0 Å². The van der Waals surface area contributed by atoms with Crippen molar-refractivity contribution in [1.29, 1.82) is 0 Å². The molecule has 5 heteroatoms. The zero-order chi connectivity index (χ0) is 12.4. The van der Waals surface area contributed by atoms with E-state index in [1.165, 1.54) is 0 Å². The number of carboxylic acid groups (broad SMARTS) is 1. The lowest BCUT2D eigenvalue weighted by Gasteiger charge is -2.09. The van der Waals surface area contributed by atoms with E-state index in [1.54, 1.807) is 13.1 Å². The van der Waals surface area contributed by atoms with Gasteiger partial charge in [-0.25, -0.2) is 0 Å². The lowest BCUT2D eigenvalue weighted by molar-refractivity contribution is -0.139. The second kappa shape index (κ2) is 4.77. The molecule has 1 heterocycles. The SMILES string of the molecule is CN[C@@H](Cc1c[nH]c2c(Cl)cccc12)C(=O)O. The van der Waals surface area contributed by atoms with Crippen LogP contribution in [0.3, 0.4) is 0 Å². The number of fused-ring (bicyclic) bond motifs is 1. The minimum absolute atomic E-state index is 0.423. The van der Waals surface area contributed by atoms with E-state index in [-0.39, 0.29) is 0 Å². The summed E-state index contributed by atoms with van der Waals surface area (Å²) in [7, 11) is 1.64. The van der Waals surface area contributed by atoms with E-state index in [0.717, 1.165) is 16.5 Å². The van der Waals surface area contributed by atoms with Crippen LogP contribution in [0.4, 0.5) is 0 Å². The first-order chi connectivity index (χ1) is 8.13. The second-order valence-electron chi connectivity index (χ2n) is 3.86. The van der Waals surface area contributed by atoms with Crippen LogP contribution in [-0.4, -0.2) is 29.1 Å². The molecule has 90 valence electrons. The molecule has 0 aliphatic heterocycles. The molecule has 0 fully saturated rings. The molecule has 4 nitrogen and oxygen atoms in total. The van der Waals surface area contributed by atoms with E-state index in [9.17, 15) is 4.79 Å². The van der Waals surface area contributed by atoms with Crippen molar-refractivity contribution in [1.82, 2.24) is 10.3 Å². The van der Waals surface area contributed by atoms with E-state index in [4.69, 9.17) is 16.7 Å². The number of para-hydroxylation sites is 1. The average Bonchev–Trinajstić information content (AvgIpc) is 2.70. The predicted octanol–water partition coefficient (Wildman–Crippen LogP) is 2.04. The molecule has 2 rings (SSSR count). The standard InChI is InChI=1S/C12H13ClN2O2/c1-14-10(12(16)17)5-7-6-15-11-8(7)3-2-4-9(11)13/h2-4,6,10,14-15H,5H2,1H3,(H,16,17)/t10-/m0/s1. The quantitative estimate of drug-likeness (QED) is 0.780. The van der Waals surface area contributed by atoms with Gasteiger partial charge in [-0.05, 0) is 18.7 Å². The van der Waals surface area contributed by atoms with Gasteiger partial charge in [-0.1, -0.05) is 23.7 Å². The van der Waals surface area contributed by atoms with Crippen LogP contribution in [0.5, 0.6) is 0 Å². The summed E-state index contributed by atoms with van der Waals surface area (Å²) < 4.78 is 0. The molecule has 1 aromatic heterocycles. The highest BCUT2D eigenvalue weighted by molar-refractivity contribution is 6.35. The molecule has 3 N–H and O–H groups in total. The number of H-pyrrole nitrogens is 1. The summed E-state index contributed by atoms with van der Waals surface area (Å²) in [4.78, 5) is 14.0. The number of carboxylic acids is 1. The number of aliphatic carboxylic acids is 1. The van der Waals surface area contributed by atoms with Crippen LogP contribution in [0.15, 0.2) is 24.4 Å². The van der Waals surface area contributed by atoms with Crippen LogP contribution in [0.1, 0.15) is 5.56 Å². The van der Waals surface area contributed by atoms with Crippen LogP contribution in [0.25, 0.3) is 10.9 Å². The van der Waals surface area contributed by atoms with Gasteiger partial charge < -0.3 is 15.4 Å². The van der Waals surface area contributed by atoms with Gasteiger partial charge in [0.05, 0.1) is 10.5 Å². The topological polar surface area (TPSA) is 65.1 Å². The summed E-state index contributed by atoms with van der Waals surface area (Å²) in [6.07, 6.45) is 2.23. The minimum atomic E-state index is -0.858. The maximum absolute atomic E-state index is 11.0. The average molecular weight is 253 g/mol. The highest BCUT2D eigenvalue weighted by atomic mass is 35.5. The Morgan fingerprint density at radius 1 is 1.59 bits per heavy atom. The van der Waals surface area contributed by atoms with Crippen LogP contribution in [-0.2, 0) is 11.2 Å². The van der Waals surface area contributed by atoms with Crippen molar-refractivity contribution in [2.24, 2.45) is 0 Å². The molecule has 0 spiro atoms. The van der Waals surface area contributed by atoms with Gasteiger partial charge in [0, 0.05) is 18.0 Å². The number of aromatic nitrogens is 1. The molecule has 0 aliphatic rings. The Labute approximate surface area is 104 Å². The van der Waals surface area contributed by atoms with Crippen molar-refractivity contribution < 1.29 is 9.90 Å². The molecule has 0 bridgehead atoms. The number of carbonyl (C=O) groups is 1. The second-order valence-corrected chi connectivity index (χ2v) is 4.27. The number of nitrogens with one attached hydrogen (secondary N) is 2. The number of likely N-dealkylation sites (N-methyl/N-ethyl adjacent to an activating group) is 1. The Morgan fingerprint density at radius 2 is 2.35 bits per heavy atom. The highest BCUT2D eigenvalue weighted by Gasteiger charge is 2.17. The first-order valence-corrected chi connectivity index (χ1v) is 5.66. The van der Waals surface area contributed by atoms with E-state index in [0.29, 0.717) is 11.4 Å². The lowest BCUT2D eigenvalue weighted by atomic mass is 10.1. The lowest BCUT2D eigenvalue weighted by Crippen LogP contribution is -2.35. The van der Waals surface area contributed by atoms with Crippen molar-refractivity contribution in [3.8, 4) is 0 Å². The van der Waals surface area contributed by atoms with Gasteiger partial charge >= 0.3 is 5.97 Å². The Morgan fingerprint density at radius 3 is 3.00 bits per heavy atom. The highest BCUT2D eigenvalue weighted by Crippen LogP contribution is 2.25. The van der Waals surface area contributed by atoms with Gasteiger partial charge in [0.25, 0.3) is 0 Å². The summed E-state index contributed by atoms with van der Waals surface area (Å²) in [5.41, 5.74) is 1.80. The molecular formula is C12H13ClN2O2. The van der Waals surface area contributed by atoms with E-state index < -0.39 is 12.0 Å². The molecule has 0 unspecified atom stereocenters. The number of halogens is 1. The molecule has 0 saturated carbocycles. The fraction of sp³-hybridized carbons (Fsp3) is 0.250. The normalized spacial score (nSPS) is 12.8. The van der Waals surface area contributed by atoms with Crippen molar-refractivity contribution in [2.75, 3.05) is 7.05 Å². The van der Waals surface area contributed by atoms with Gasteiger partial charge in [0.1, 0.15) is 6.04 Å². The number of benzene rings is 1. The Balaban J connectivity index is 2.37. The molecule has 0 aliphatic carbocycles. The number of rotatable bonds is 4. The van der Waals surface area contributed by atoms with Crippen molar-refractivity contribution in [3.05, 3.63) is 35.0 Å². The van der Waals surface area contributed by atoms with Crippen molar-refractivity contribution in [2.45, 2.75) is 12.5 Å². The first kappa shape index (κ1) is 12.0. The van der Waals surface area contributed by atoms with Crippen LogP contribution >= 0.6 is 11.6 Å². The summed E-state index contributed by atoms with van der Waals surface area (Å²) in [5.74, 6) is -0.858. The van der Waals surface area contributed by atoms with E-state index in [2.05, 4.69) is 10.3 Å². The monoisotopic (exact) mass is 252 g/mol. The zero-order valence-corrected chi connectivity index (χ0v) is 10.1. The molecule has 0 radical (unpaired) electrons. The van der Waals surface area contributed by atoms with Crippen molar-refractivity contribution >= 4 is 28.5 Å². The van der Waals surface area contributed by atoms with Crippen LogP contribution < -0.4 is 5.32 Å². The molecule has 0 saturated heterocycles. The molecule has 0 amide bonds. The summed E-state index contributed by atoms with van der Waals surface area (Å²) in [5, 5.41) is 13.4. The van der Waals surface area contributed by atoms with Gasteiger partial charge in [-0.15, -0.1) is 0 Å². The Kier molecular flexibility index (Phi) is 3.36. The third-order valence-electron chi connectivity index (χ3n) is 2.82. The maximum atomic E-state index is 11.0. The molecule has 1 atom stereocenters. The summed E-state index contributed by atoms with van der Waals surface area (Å²) in [6.45, 7) is 0. The summed E-state index contributed by atoms with van der Waals surface area (Å²) >= 11 is 6.04. The van der Waals surface area contributed by atoms with E-state index in [1.807, 2.05) is 18.3 Å². The summed E-state index contributed by atoms with van der Waals surface area (Å²) in [6, 6.07) is 5.00. The number of aromatic amines is 1. The molecule has 2 aromatic rings. The smallest absolute Gasteiger partial charge is 0.321 e. The minimum Gasteiger partial charge on any atom is -0.480 e. The Bertz CT molecular complexity index is 550. The van der Waals surface area contributed by atoms with Gasteiger partial charge in [0.2, 0.25) is 0 Å². The van der Waals surface area contributed by atoms with Crippen LogP contribution in [0.2, 0.25) is 5.02 Å². The molecule has 17 heavy (non-hydrogen) atoms. The number of hydrogen-bond donors (Lipinski definition) is 3.